The van der Waals surface area contributed by atoms with Gasteiger partial charge in [0.25, 0.3) is 5.72 Å². The van der Waals surface area contributed by atoms with E-state index in [9.17, 15) is 14.4 Å². The molecule has 4 aliphatic heterocycles. The first-order valence-electron chi connectivity index (χ1n) is 18.4. The summed E-state index contributed by atoms with van der Waals surface area (Å²) in [5, 5.41) is 0. The number of rotatable bonds is 14. The summed E-state index contributed by atoms with van der Waals surface area (Å²) in [4.78, 5) is 43.9. The van der Waals surface area contributed by atoms with Crippen molar-refractivity contribution in [1.82, 2.24) is 0 Å². The van der Waals surface area contributed by atoms with Crippen LogP contribution < -0.4 is 11.5 Å². The van der Waals surface area contributed by atoms with Crippen LogP contribution in [0.2, 0.25) is 0 Å². The second-order valence-corrected chi connectivity index (χ2v) is 17.7. The highest BCUT2D eigenvalue weighted by atomic mass is 32.2. The monoisotopic (exact) mass is 724 g/mol. The van der Waals surface area contributed by atoms with Crippen LogP contribution >= 0.6 is 23.5 Å². The zero-order chi connectivity index (χ0) is 34.1. The minimum Gasteiger partial charge on any atom is -0.460 e. The third-order valence-corrected chi connectivity index (χ3v) is 14.2. The second-order valence-electron chi connectivity index (χ2n) is 15.9. The molecular formula is C35H52N2O10S2. The standard InChI is InChI=1S/C35H52N2O10S2/c1-48-15-21(17-3-7-23-27(11-17)43-23)34(36,31(38)41-19-5-9-25-29(13-19)45-25)32(39)47-35(37,33(40)42-20-6-10-26-30(14-20)46-26)22(16-49-2)18-4-8-24-28(12-18)44-24/h17-30H,3-16,36-37H2,1-2H3. The Balaban J connectivity index is 1.10. The summed E-state index contributed by atoms with van der Waals surface area (Å²) < 4.78 is 41.6. The average molecular weight is 725 g/mol. The Bertz CT molecular complexity index is 1290. The highest BCUT2D eigenvalue weighted by molar-refractivity contribution is 7.98. The molecule has 4 heterocycles. The van der Waals surface area contributed by atoms with E-state index in [1.54, 1.807) is 0 Å². The van der Waals surface area contributed by atoms with E-state index in [4.69, 9.17) is 44.6 Å². The fourth-order valence-corrected chi connectivity index (χ4v) is 11.3. The van der Waals surface area contributed by atoms with Gasteiger partial charge in [0.15, 0.2) is 0 Å². The van der Waals surface area contributed by atoms with Crippen LogP contribution in [0.25, 0.3) is 0 Å². The molecule has 274 valence electrons. The van der Waals surface area contributed by atoms with Gasteiger partial charge >= 0.3 is 17.9 Å². The SMILES string of the molecule is CSCC(C1CCC2OC2C1)C(N)(OC(=O)C(N)(C(=O)OC1CCC2OC2C1)C(CSC)C1CCC2OC2C1)C(=O)OC1CCC2OC2C1. The van der Waals surface area contributed by atoms with Crippen molar-refractivity contribution in [3.05, 3.63) is 0 Å². The minimum absolute atomic E-state index is 0.0545. The van der Waals surface area contributed by atoms with Crippen LogP contribution in [0, 0.1) is 23.7 Å². The Labute approximate surface area is 296 Å². The Morgan fingerprint density at radius 3 is 1.49 bits per heavy atom. The number of hydrogen-bond donors (Lipinski definition) is 2. The Morgan fingerprint density at radius 2 is 1.02 bits per heavy atom. The zero-order valence-electron chi connectivity index (χ0n) is 28.5. The summed E-state index contributed by atoms with van der Waals surface area (Å²) in [6, 6.07) is 0. The van der Waals surface area contributed by atoms with E-state index in [0.717, 1.165) is 38.5 Å². The number of carbonyl (C=O) groups excluding carboxylic acids is 3. The number of carbonyl (C=O) groups is 3. The predicted molar refractivity (Wildman–Crippen MR) is 180 cm³/mol. The molecule has 0 spiro atoms. The molecule has 0 radical (unpaired) electrons. The van der Waals surface area contributed by atoms with Gasteiger partial charge < -0.3 is 38.9 Å². The van der Waals surface area contributed by atoms with Gasteiger partial charge in [0.2, 0.25) is 5.54 Å². The van der Waals surface area contributed by atoms with Gasteiger partial charge in [-0.05, 0) is 94.3 Å². The van der Waals surface area contributed by atoms with Gasteiger partial charge in [-0.3, -0.25) is 5.73 Å². The third-order valence-electron chi connectivity index (χ3n) is 12.8. The number of esters is 3. The minimum atomic E-state index is -2.21. The molecule has 0 aromatic carbocycles. The first kappa shape index (κ1) is 34.9. The topological polar surface area (TPSA) is 181 Å². The van der Waals surface area contributed by atoms with Crippen LogP contribution in [0.5, 0.6) is 0 Å². The molecule has 8 fully saturated rings. The number of hydrogen-bond acceptors (Lipinski definition) is 14. The van der Waals surface area contributed by atoms with E-state index in [0.29, 0.717) is 50.0 Å². The molecule has 0 amide bonds. The maximum atomic E-state index is 15.0. The molecule has 4 N–H and O–H groups in total. The van der Waals surface area contributed by atoms with Crippen LogP contribution in [0.4, 0.5) is 0 Å². The molecule has 0 bridgehead atoms. The molecule has 14 heteroatoms. The lowest BCUT2D eigenvalue weighted by Crippen LogP contribution is -2.69. The predicted octanol–water partition coefficient (Wildman–Crippen LogP) is 2.70. The van der Waals surface area contributed by atoms with Gasteiger partial charge in [-0.1, -0.05) is 0 Å². The van der Waals surface area contributed by atoms with E-state index < -0.39 is 53.2 Å². The molecule has 8 rings (SSSR count). The Kier molecular flexibility index (Phi) is 9.76. The van der Waals surface area contributed by atoms with Crippen LogP contribution in [-0.4, -0.2) is 114 Å². The smallest absolute Gasteiger partial charge is 0.366 e. The lowest BCUT2D eigenvalue weighted by molar-refractivity contribution is -0.204. The summed E-state index contributed by atoms with van der Waals surface area (Å²) in [6.45, 7) is 0. The number of nitrogens with two attached hydrogens (primary N) is 2. The summed E-state index contributed by atoms with van der Waals surface area (Å²) in [7, 11) is 0. The molecule has 4 saturated carbocycles. The summed E-state index contributed by atoms with van der Waals surface area (Å²) in [6.07, 6.45) is 13.0. The van der Waals surface area contributed by atoms with Crippen LogP contribution in [0.1, 0.15) is 77.0 Å². The lowest BCUT2D eigenvalue weighted by atomic mass is 9.71. The lowest BCUT2D eigenvalue weighted by Gasteiger charge is -2.44. The summed E-state index contributed by atoms with van der Waals surface area (Å²) in [5.41, 5.74) is 9.95. The first-order valence-corrected chi connectivity index (χ1v) is 21.2. The first-order chi connectivity index (χ1) is 23.6. The van der Waals surface area contributed by atoms with Gasteiger partial charge in [0, 0.05) is 30.4 Å². The molecule has 16 unspecified atom stereocenters. The number of fused-ring (bicyclic) bond motifs is 4. The Hall–Kier alpha value is -1.13. The normalized spacial score (nSPS) is 43.3. The van der Waals surface area contributed by atoms with Crippen molar-refractivity contribution in [1.29, 1.82) is 0 Å². The fourth-order valence-electron chi connectivity index (χ4n) is 9.54. The van der Waals surface area contributed by atoms with Crippen molar-refractivity contribution < 1.29 is 47.5 Å². The highest BCUT2D eigenvalue weighted by Crippen LogP contribution is 2.49. The van der Waals surface area contributed by atoms with Crippen molar-refractivity contribution in [3.8, 4) is 0 Å². The van der Waals surface area contributed by atoms with Crippen LogP contribution in [0.15, 0.2) is 0 Å². The van der Waals surface area contributed by atoms with E-state index in [1.807, 2.05) is 12.5 Å². The molecule has 4 saturated heterocycles. The molecule has 49 heavy (non-hydrogen) atoms. The maximum absolute atomic E-state index is 15.0. The quantitative estimate of drug-likeness (QED) is 0.0878. The fraction of sp³-hybridized carbons (Fsp3) is 0.914. The number of epoxide rings is 4. The van der Waals surface area contributed by atoms with E-state index in [-0.39, 0.29) is 60.7 Å². The van der Waals surface area contributed by atoms with Gasteiger partial charge in [-0.2, -0.15) is 23.5 Å². The largest absolute Gasteiger partial charge is 0.460 e. The van der Waals surface area contributed by atoms with Crippen molar-refractivity contribution >= 4 is 41.4 Å². The summed E-state index contributed by atoms with van der Waals surface area (Å²) in [5.74, 6) is -3.13. The molecule has 0 aromatic heterocycles. The van der Waals surface area contributed by atoms with E-state index >= 15 is 0 Å². The van der Waals surface area contributed by atoms with Gasteiger partial charge in [-0.25, -0.2) is 14.4 Å². The van der Waals surface area contributed by atoms with Crippen molar-refractivity contribution in [2.24, 2.45) is 35.1 Å². The number of ether oxygens (including phenoxy) is 7. The Morgan fingerprint density at radius 1 is 0.592 bits per heavy atom. The molecular weight excluding hydrogens is 673 g/mol. The average Bonchev–Trinajstić information content (AvgIpc) is 3.91. The zero-order valence-corrected chi connectivity index (χ0v) is 30.2. The van der Waals surface area contributed by atoms with Gasteiger partial charge in [0.05, 0.1) is 48.8 Å². The second kappa shape index (κ2) is 13.7. The maximum Gasteiger partial charge on any atom is 0.366 e. The molecule has 4 aliphatic carbocycles. The van der Waals surface area contributed by atoms with Crippen molar-refractivity contribution in [2.45, 2.75) is 149 Å². The van der Waals surface area contributed by atoms with E-state index in [1.165, 1.54) is 23.5 Å². The van der Waals surface area contributed by atoms with Crippen molar-refractivity contribution in [2.75, 3.05) is 24.0 Å². The summed E-state index contributed by atoms with van der Waals surface area (Å²) >= 11 is 3.05. The van der Waals surface area contributed by atoms with Gasteiger partial charge in [-0.15, -0.1) is 0 Å². The molecule has 12 nitrogen and oxygen atoms in total. The highest BCUT2D eigenvalue weighted by Gasteiger charge is 2.62. The molecule has 16 atom stereocenters. The van der Waals surface area contributed by atoms with Crippen LogP contribution in [-0.2, 0) is 47.5 Å². The van der Waals surface area contributed by atoms with Crippen molar-refractivity contribution in [3.63, 3.8) is 0 Å². The number of thioether (sulfide) groups is 2. The third kappa shape index (κ3) is 7.03. The van der Waals surface area contributed by atoms with Crippen LogP contribution in [0.3, 0.4) is 0 Å². The van der Waals surface area contributed by atoms with E-state index in [2.05, 4.69) is 0 Å². The van der Waals surface area contributed by atoms with Gasteiger partial charge in [0.1, 0.15) is 12.2 Å². The molecule has 8 aliphatic rings. The molecule has 0 aromatic rings.